The van der Waals surface area contributed by atoms with Gasteiger partial charge in [-0.25, -0.2) is 0 Å². The van der Waals surface area contributed by atoms with Crippen LogP contribution in [0.1, 0.15) is 41.7 Å². The summed E-state index contributed by atoms with van der Waals surface area (Å²) in [5.74, 6) is 3.87. The van der Waals surface area contributed by atoms with Crippen LogP contribution in [0.15, 0.2) is 60.7 Å². The molecule has 8 heteroatoms. The van der Waals surface area contributed by atoms with Gasteiger partial charge in [0.1, 0.15) is 0 Å². The van der Waals surface area contributed by atoms with Crippen LogP contribution < -0.4 is 28.4 Å². The number of hydrogen-bond donors (Lipinski definition) is 1. The summed E-state index contributed by atoms with van der Waals surface area (Å²) in [6.07, 6.45) is 4.81. The van der Waals surface area contributed by atoms with Gasteiger partial charge in [-0.05, 0) is 71.8 Å². The molecule has 41 heavy (non-hydrogen) atoms. The van der Waals surface area contributed by atoms with Crippen LogP contribution in [0.5, 0.6) is 34.5 Å². The molecule has 0 saturated carbocycles. The zero-order chi connectivity index (χ0) is 29.4. The van der Waals surface area contributed by atoms with Crippen molar-refractivity contribution < 1.29 is 38.3 Å². The lowest BCUT2D eigenvalue weighted by Crippen LogP contribution is -2.32. The van der Waals surface area contributed by atoms with Crippen molar-refractivity contribution in [2.45, 2.75) is 25.0 Å². The Labute approximate surface area is 242 Å². The van der Waals surface area contributed by atoms with Crippen LogP contribution in [0, 0.1) is 11.8 Å². The van der Waals surface area contributed by atoms with Gasteiger partial charge in [-0.1, -0.05) is 30.4 Å². The van der Waals surface area contributed by atoms with Crippen molar-refractivity contribution >= 4 is 6.08 Å². The highest BCUT2D eigenvalue weighted by atomic mass is 16.5. The summed E-state index contributed by atoms with van der Waals surface area (Å²) >= 11 is 0. The van der Waals surface area contributed by atoms with Crippen molar-refractivity contribution in [1.29, 1.82) is 0 Å². The van der Waals surface area contributed by atoms with E-state index in [1.807, 2.05) is 54.6 Å². The zero-order valence-corrected chi connectivity index (χ0v) is 24.6. The Balaban J connectivity index is 1.59. The molecule has 0 aliphatic carbocycles. The summed E-state index contributed by atoms with van der Waals surface area (Å²) in [4.78, 5) is 0. The summed E-state index contributed by atoms with van der Waals surface area (Å²) < 4.78 is 39.1. The Morgan fingerprint density at radius 2 is 1.29 bits per heavy atom. The summed E-state index contributed by atoms with van der Waals surface area (Å²) in [6.45, 7) is 0.407. The molecule has 3 aromatic rings. The van der Waals surface area contributed by atoms with E-state index in [1.54, 1.807) is 42.7 Å². The van der Waals surface area contributed by atoms with Gasteiger partial charge >= 0.3 is 0 Å². The van der Waals surface area contributed by atoms with Crippen LogP contribution >= 0.6 is 0 Å². The molecule has 0 radical (unpaired) electrons. The molecule has 1 unspecified atom stereocenters. The number of rotatable bonds is 12. The summed E-state index contributed by atoms with van der Waals surface area (Å²) in [5, 5.41) is 11.4. The second-order valence-corrected chi connectivity index (χ2v) is 9.94. The van der Waals surface area contributed by atoms with Gasteiger partial charge in [-0.2, -0.15) is 0 Å². The first-order chi connectivity index (χ1) is 20.0. The van der Waals surface area contributed by atoms with Gasteiger partial charge < -0.3 is 38.3 Å². The lowest BCUT2D eigenvalue weighted by molar-refractivity contribution is -0.0901. The molecule has 1 saturated heterocycles. The zero-order valence-electron chi connectivity index (χ0n) is 24.6. The molecule has 1 heterocycles. The van der Waals surface area contributed by atoms with Crippen molar-refractivity contribution in [3.05, 3.63) is 77.4 Å². The van der Waals surface area contributed by atoms with E-state index in [4.69, 9.17) is 33.2 Å². The van der Waals surface area contributed by atoms with Gasteiger partial charge in [-0.3, -0.25) is 0 Å². The second-order valence-electron chi connectivity index (χ2n) is 9.94. The predicted molar refractivity (Wildman–Crippen MR) is 158 cm³/mol. The van der Waals surface area contributed by atoms with Crippen molar-refractivity contribution in [3.63, 3.8) is 0 Å². The molecule has 3 aromatic carbocycles. The largest absolute Gasteiger partial charge is 0.493 e. The molecule has 8 nitrogen and oxygen atoms in total. The topological polar surface area (TPSA) is 84.8 Å². The maximum atomic E-state index is 11.4. The molecule has 0 aromatic heterocycles. The highest BCUT2D eigenvalue weighted by molar-refractivity contribution is 5.56. The fourth-order valence-electron chi connectivity index (χ4n) is 5.43. The maximum Gasteiger partial charge on any atom is 0.161 e. The van der Waals surface area contributed by atoms with Gasteiger partial charge in [0.2, 0.25) is 0 Å². The minimum Gasteiger partial charge on any atom is -0.493 e. The molecule has 0 amide bonds. The Hall–Kier alpha value is -3.88. The summed E-state index contributed by atoms with van der Waals surface area (Å²) in [5.41, 5.74) is 2.77. The minimum atomic E-state index is -0.724. The fraction of sp³-hybridized carbons (Fsp3) is 0.394. The molecule has 1 N–H and O–H groups in total. The Morgan fingerprint density at radius 3 is 1.93 bits per heavy atom. The first-order valence-corrected chi connectivity index (χ1v) is 13.6. The first-order valence-electron chi connectivity index (χ1n) is 13.6. The number of ether oxygens (including phenoxy) is 7. The van der Waals surface area contributed by atoms with E-state index >= 15 is 0 Å². The number of benzene rings is 3. The molecule has 0 spiro atoms. The van der Waals surface area contributed by atoms with Gasteiger partial charge in [0.25, 0.3) is 0 Å². The quantitative estimate of drug-likeness (QED) is 0.276. The number of allylic oxidation sites excluding steroid dienone is 1. The highest BCUT2D eigenvalue weighted by Crippen LogP contribution is 2.44. The van der Waals surface area contributed by atoms with Crippen molar-refractivity contribution in [1.82, 2.24) is 0 Å². The van der Waals surface area contributed by atoms with E-state index < -0.39 is 6.10 Å². The number of methoxy groups -OCH3 is 6. The number of aliphatic hydroxyl groups is 1. The Bertz CT molecular complexity index is 1320. The van der Waals surface area contributed by atoms with Gasteiger partial charge in [0, 0.05) is 5.92 Å². The van der Waals surface area contributed by atoms with E-state index in [2.05, 4.69) is 12.2 Å². The third kappa shape index (κ3) is 6.89. The van der Waals surface area contributed by atoms with Crippen LogP contribution in [0.4, 0.5) is 0 Å². The minimum absolute atomic E-state index is 0.0954. The SMILES string of the molecule is COc1ccc(/C=C/C[C@@H]2C[C@@H](C(O)c3ccc(OC)c(OC)c3)CO[C@H]2c2ccc(OC)c(OC)c2)cc1OC. The number of hydrogen-bond acceptors (Lipinski definition) is 8. The van der Waals surface area contributed by atoms with E-state index in [1.165, 1.54) is 0 Å². The number of aliphatic hydroxyl groups excluding tert-OH is 1. The lowest BCUT2D eigenvalue weighted by atomic mass is 9.79. The molecule has 1 aliphatic heterocycles. The van der Waals surface area contributed by atoms with Gasteiger partial charge in [-0.15, -0.1) is 0 Å². The smallest absolute Gasteiger partial charge is 0.161 e. The molecular weight excluding hydrogens is 524 g/mol. The molecule has 220 valence electrons. The molecule has 4 rings (SSSR count). The third-order valence-corrected chi connectivity index (χ3v) is 7.61. The average Bonchev–Trinajstić information content (AvgIpc) is 3.03. The predicted octanol–water partition coefficient (Wildman–Crippen LogP) is 6.27. The summed E-state index contributed by atoms with van der Waals surface area (Å²) in [6, 6.07) is 17.2. The van der Waals surface area contributed by atoms with E-state index in [0.29, 0.717) is 41.1 Å². The highest BCUT2D eigenvalue weighted by Gasteiger charge is 2.36. The summed E-state index contributed by atoms with van der Waals surface area (Å²) in [7, 11) is 9.68. The van der Waals surface area contributed by atoms with Crippen LogP contribution in [0.25, 0.3) is 6.08 Å². The van der Waals surface area contributed by atoms with Gasteiger partial charge in [0.15, 0.2) is 34.5 Å². The monoisotopic (exact) mass is 564 g/mol. The fourth-order valence-corrected chi connectivity index (χ4v) is 5.43. The van der Waals surface area contributed by atoms with Crippen LogP contribution in [0.2, 0.25) is 0 Å². The van der Waals surface area contributed by atoms with Crippen LogP contribution in [-0.4, -0.2) is 54.4 Å². The van der Waals surface area contributed by atoms with Crippen LogP contribution in [0.3, 0.4) is 0 Å². The molecular formula is C33H40O8. The van der Waals surface area contributed by atoms with Crippen molar-refractivity contribution in [3.8, 4) is 34.5 Å². The Morgan fingerprint density at radius 1 is 0.732 bits per heavy atom. The second kappa shape index (κ2) is 14.1. The maximum absolute atomic E-state index is 11.4. The van der Waals surface area contributed by atoms with Crippen molar-refractivity contribution in [2.24, 2.45) is 11.8 Å². The van der Waals surface area contributed by atoms with Crippen LogP contribution in [-0.2, 0) is 4.74 Å². The standard InChI is InChI=1S/C33H40O8/c1-35-26-13-10-21(16-29(26)38-4)8-7-9-23-17-25(32(34)22-11-14-27(36-2)30(18-22)39-5)20-41-33(23)24-12-15-28(37-3)31(19-24)40-6/h7-8,10-16,18-19,23,25,32-34H,9,17,20H2,1-6H3/b8-7+/t23-,25-,32?,33-/m1/s1. The normalized spacial score (nSPS) is 19.4. The molecule has 0 bridgehead atoms. The lowest BCUT2D eigenvalue weighted by Gasteiger charge is -2.38. The van der Waals surface area contributed by atoms with E-state index in [0.717, 1.165) is 29.5 Å². The molecule has 1 aliphatic rings. The van der Waals surface area contributed by atoms with E-state index in [9.17, 15) is 5.11 Å². The Kier molecular flexibility index (Phi) is 10.4. The van der Waals surface area contributed by atoms with Gasteiger partial charge in [0.05, 0.1) is 61.5 Å². The third-order valence-electron chi connectivity index (χ3n) is 7.61. The molecule has 4 atom stereocenters. The van der Waals surface area contributed by atoms with Crippen molar-refractivity contribution in [2.75, 3.05) is 49.3 Å². The van der Waals surface area contributed by atoms with E-state index in [-0.39, 0.29) is 17.9 Å². The average molecular weight is 565 g/mol. The first kappa shape index (κ1) is 30.1. The molecule has 1 fully saturated rings.